The Hall–Kier alpha value is -7.00. The van der Waals surface area contributed by atoms with Gasteiger partial charge in [-0.2, -0.15) is 0 Å². The normalized spacial score (nSPS) is 10.9. The molecule has 0 amide bonds. The summed E-state index contributed by atoms with van der Waals surface area (Å²) < 4.78 is 22.0. The van der Waals surface area contributed by atoms with Crippen LogP contribution in [0.4, 0.5) is 32.8 Å². The molecule has 298 valence electrons. The summed E-state index contributed by atoms with van der Waals surface area (Å²) in [6, 6.07) is 51.6. The van der Waals surface area contributed by atoms with Gasteiger partial charge in [-0.25, -0.2) is 0 Å². The van der Waals surface area contributed by atoms with Crippen LogP contribution in [-0.4, -0.2) is 0 Å². The summed E-state index contributed by atoms with van der Waals surface area (Å²) in [6.07, 6.45) is 5.90. The topological polar surface area (TPSA) is 43.4 Å². The van der Waals surface area contributed by atoms with Crippen molar-refractivity contribution < 1.29 is 18.9 Å². The maximum absolute atomic E-state index is 5.51. The Bertz CT molecular complexity index is 2430. The van der Waals surface area contributed by atoms with Crippen molar-refractivity contribution >= 4 is 77.0 Å². The average molecular weight is 825 g/mol. The monoisotopic (exact) mass is 824 g/mol. The lowest BCUT2D eigenvalue weighted by Crippen LogP contribution is -2.09. The van der Waals surface area contributed by atoms with Crippen LogP contribution in [0.1, 0.15) is 22.3 Å². The van der Waals surface area contributed by atoms with Crippen LogP contribution < -0.4 is 9.80 Å². The first-order chi connectivity index (χ1) is 29.6. The number of rotatable bonds is 19. The molecule has 0 radical (unpaired) electrons. The Balaban J connectivity index is 1.29. The minimum absolute atomic E-state index is 0.459. The summed E-state index contributed by atoms with van der Waals surface area (Å²) >= 11 is 3.62. The summed E-state index contributed by atoms with van der Waals surface area (Å²) in [7, 11) is 0. The molecule has 0 aliphatic rings. The molecule has 0 saturated carbocycles. The summed E-state index contributed by atoms with van der Waals surface area (Å²) in [4.78, 5) is 7.12. The number of ether oxygens (including phenoxy) is 4. The van der Waals surface area contributed by atoms with Gasteiger partial charge in [-0.1, -0.05) is 123 Å². The van der Waals surface area contributed by atoms with Crippen molar-refractivity contribution in [1.29, 1.82) is 0 Å². The first-order valence-corrected chi connectivity index (χ1v) is 21.1. The molecule has 2 aromatic heterocycles. The molecule has 60 heavy (non-hydrogen) atoms. The highest BCUT2D eigenvalue weighted by atomic mass is 32.1. The van der Waals surface area contributed by atoms with Crippen molar-refractivity contribution in [2.45, 2.75) is 26.4 Å². The fraction of sp³-hybridized carbons (Fsp3) is 0.0769. The Morgan fingerprint density at radius 1 is 0.350 bits per heavy atom. The Morgan fingerprint density at radius 3 is 0.850 bits per heavy atom. The van der Waals surface area contributed by atoms with Gasteiger partial charge in [0, 0.05) is 44.3 Å². The van der Waals surface area contributed by atoms with E-state index in [2.05, 4.69) is 182 Å². The minimum atomic E-state index is 0.459. The summed E-state index contributed by atoms with van der Waals surface area (Å²) in [5, 5.41) is 6.96. The van der Waals surface area contributed by atoms with Gasteiger partial charge in [-0.3, -0.25) is 0 Å². The molecular formula is C52H44N2O4S2. The molecule has 0 aliphatic carbocycles. The van der Waals surface area contributed by atoms with Gasteiger partial charge >= 0.3 is 0 Å². The molecule has 0 fully saturated rings. The second-order valence-electron chi connectivity index (χ2n) is 13.8. The molecule has 8 heteroatoms. The summed E-state index contributed by atoms with van der Waals surface area (Å²) in [5.74, 6) is 0. The second-order valence-corrected chi connectivity index (χ2v) is 15.8. The Kier molecular flexibility index (Phi) is 12.4. The van der Waals surface area contributed by atoms with E-state index in [1.54, 1.807) is 0 Å². The predicted molar refractivity (Wildman–Crippen MR) is 252 cm³/mol. The molecule has 0 atom stereocenters. The number of fused-ring (bicyclic) bond motifs is 2. The molecule has 8 rings (SSSR count). The quantitative estimate of drug-likeness (QED) is 0.0757. The Labute approximate surface area is 359 Å². The lowest BCUT2D eigenvalue weighted by molar-refractivity contribution is 0.237. The van der Waals surface area contributed by atoms with E-state index in [1.807, 2.05) is 22.7 Å². The van der Waals surface area contributed by atoms with Gasteiger partial charge in [0.25, 0.3) is 0 Å². The van der Waals surface area contributed by atoms with Crippen molar-refractivity contribution in [2.24, 2.45) is 0 Å². The zero-order valence-electron chi connectivity index (χ0n) is 33.2. The molecule has 0 spiro atoms. The van der Waals surface area contributed by atoms with E-state index in [-0.39, 0.29) is 0 Å². The van der Waals surface area contributed by atoms with Gasteiger partial charge in [-0.05, 0) is 70.8 Å². The number of nitrogens with zero attached hydrogens (tertiary/aromatic N) is 2. The van der Waals surface area contributed by atoms with Crippen LogP contribution in [0, 0.1) is 0 Å². The molecule has 0 bridgehead atoms. The SMILES string of the molecule is C=COCc1ccc(N(c2ccc(COC=C)cc2)c2sc(-c3sc(N(c4ccc(COC=C)cc4)c4ccc(COC=C)cc4)c4ccccc34)c3ccccc23)cc1. The third-order valence-electron chi connectivity index (χ3n) is 10.1. The molecule has 0 N–H and O–H groups in total. The van der Waals surface area contributed by atoms with Crippen LogP contribution in [-0.2, 0) is 45.4 Å². The predicted octanol–water partition coefficient (Wildman–Crippen LogP) is 15.4. The molecular weight excluding hydrogens is 781 g/mol. The van der Waals surface area contributed by atoms with Gasteiger partial charge in [0.1, 0.15) is 36.4 Å². The lowest BCUT2D eigenvalue weighted by Gasteiger charge is -2.25. The smallest absolute Gasteiger partial charge is 0.112 e. The third kappa shape index (κ3) is 8.43. The van der Waals surface area contributed by atoms with Crippen molar-refractivity contribution in [3.63, 3.8) is 0 Å². The highest BCUT2D eigenvalue weighted by molar-refractivity contribution is 7.28. The molecule has 0 unspecified atom stereocenters. The highest BCUT2D eigenvalue weighted by Gasteiger charge is 2.26. The van der Waals surface area contributed by atoms with Crippen molar-refractivity contribution in [2.75, 3.05) is 9.80 Å². The van der Waals surface area contributed by atoms with E-state index in [9.17, 15) is 0 Å². The van der Waals surface area contributed by atoms with E-state index < -0.39 is 0 Å². The number of benzene rings is 6. The lowest BCUT2D eigenvalue weighted by atomic mass is 10.1. The second kappa shape index (κ2) is 18.7. The molecule has 0 aliphatic heterocycles. The van der Waals surface area contributed by atoms with Crippen LogP contribution in [0.5, 0.6) is 0 Å². The highest BCUT2D eigenvalue weighted by Crippen LogP contribution is 2.55. The summed E-state index contributed by atoms with van der Waals surface area (Å²) in [6.45, 7) is 16.7. The van der Waals surface area contributed by atoms with Crippen LogP contribution in [0.3, 0.4) is 0 Å². The van der Waals surface area contributed by atoms with E-state index in [0.29, 0.717) is 26.4 Å². The third-order valence-corrected chi connectivity index (χ3v) is 12.6. The average Bonchev–Trinajstić information content (AvgIpc) is 3.87. The van der Waals surface area contributed by atoms with E-state index >= 15 is 0 Å². The van der Waals surface area contributed by atoms with E-state index in [1.165, 1.54) is 56.3 Å². The van der Waals surface area contributed by atoms with Crippen LogP contribution >= 0.6 is 22.7 Å². The Morgan fingerprint density at radius 2 is 0.600 bits per heavy atom. The zero-order chi connectivity index (χ0) is 41.3. The number of hydrogen-bond acceptors (Lipinski definition) is 8. The van der Waals surface area contributed by atoms with Crippen molar-refractivity contribution in [3.8, 4) is 9.75 Å². The molecule has 0 saturated heterocycles. The van der Waals surface area contributed by atoms with Crippen LogP contribution in [0.25, 0.3) is 31.3 Å². The molecule has 2 heterocycles. The van der Waals surface area contributed by atoms with Crippen molar-refractivity contribution in [1.82, 2.24) is 0 Å². The number of anilines is 6. The summed E-state index contributed by atoms with van der Waals surface area (Å²) in [5.41, 5.74) is 8.41. The van der Waals surface area contributed by atoms with Gasteiger partial charge < -0.3 is 28.7 Å². The number of thiophene rings is 2. The molecule has 6 aromatic carbocycles. The molecule has 6 nitrogen and oxygen atoms in total. The minimum Gasteiger partial charge on any atom is -0.497 e. The van der Waals surface area contributed by atoms with Gasteiger partial charge in [0.15, 0.2) is 0 Å². The van der Waals surface area contributed by atoms with Gasteiger partial charge in [0.05, 0.1) is 34.8 Å². The maximum Gasteiger partial charge on any atom is 0.112 e. The largest absolute Gasteiger partial charge is 0.497 e. The van der Waals surface area contributed by atoms with Crippen molar-refractivity contribution in [3.05, 3.63) is 219 Å². The van der Waals surface area contributed by atoms with E-state index in [0.717, 1.165) is 55.0 Å². The fourth-order valence-corrected chi connectivity index (χ4v) is 9.97. The fourth-order valence-electron chi connectivity index (χ4n) is 7.17. The van der Waals surface area contributed by atoms with Gasteiger partial charge in [-0.15, -0.1) is 22.7 Å². The first-order valence-electron chi connectivity index (χ1n) is 19.5. The molecule has 8 aromatic rings. The number of hydrogen-bond donors (Lipinski definition) is 0. The van der Waals surface area contributed by atoms with Crippen LogP contribution in [0.2, 0.25) is 0 Å². The first kappa shape index (κ1) is 39.8. The maximum atomic E-state index is 5.51. The van der Waals surface area contributed by atoms with Crippen LogP contribution in [0.15, 0.2) is 197 Å². The standard InChI is InChI=1S/C52H44N2O4S2/c1-5-55-33-37-17-25-41(26-18-37)53(42-27-19-38(20-28-42)34-56-6-2)51-47-15-11-9-13-45(47)49(59-51)50-46-14-10-12-16-48(46)52(60-50)54(43-29-21-39(22-30-43)35-57-7-3)44-31-23-40(24-32-44)36-58-8-4/h5-32H,1-4,33-36H2. The van der Waals surface area contributed by atoms with Gasteiger partial charge in [0.2, 0.25) is 0 Å². The van der Waals surface area contributed by atoms with E-state index in [4.69, 9.17) is 18.9 Å². The zero-order valence-corrected chi connectivity index (χ0v) is 34.8.